The third-order valence-electron chi connectivity index (χ3n) is 4.99. The summed E-state index contributed by atoms with van der Waals surface area (Å²) in [7, 11) is 0. The highest BCUT2D eigenvalue weighted by molar-refractivity contribution is 14.1. The number of hydrogen-bond donors (Lipinski definition) is 1. The Bertz CT molecular complexity index is 791. The second-order valence-electron chi connectivity index (χ2n) is 6.82. The zero-order chi connectivity index (χ0) is 15.2. The van der Waals surface area contributed by atoms with Crippen LogP contribution in [-0.2, 0) is 9.47 Å². The van der Waals surface area contributed by atoms with Gasteiger partial charge in [0.05, 0.1) is 18.5 Å². The zero-order valence-electron chi connectivity index (χ0n) is 12.2. The SMILES string of the molecule is CC1(C)OC2C3CC3C(n3cnc4c(N)nc(I)nc43)C2O1. The minimum atomic E-state index is -0.514. The van der Waals surface area contributed by atoms with E-state index in [0.717, 1.165) is 5.65 Å². The average molecular weight is 413 g/mol. The fraction of sp³-hybridized carbons (Fsp3) is 0.643. The van der Waals surface area contributed by atoms with E-state index in [-0.39, 0.29) is 18.2 Å². The molecule has 0 amide bonds. The minimum absolute atomic E-state index is 0.0602. The lowest BCUT2D eigenvalue weighted by molar-refractivity contribution is -0.156. The Morgan fingerprint density at radius 1 is 1.27 bits per heavy atom. The van der Waals surface area contributed by atoms with Crippen molar-refractivity contribution in [2.24, 2.45) is 11.8 Å². The van der Waals surface area contributed by atoms with Crippen LogP contribution >= 0.6 is 22.6 Å². The quantitative estimate of drug-likeness (QED) is 0.566. The van der Waals surface area contributed by atoms with E-state index in [1.54, 1.807) is 0 Å². The van der Waals surface area contributed by atoms with Gasteiger partial charge in [0.25, 0.3) is 0 Å². The van der Waals surface area contributed by atoms with Gasteiger partial charge < -0.3 is 19.8 Å². The number of imidazole rings is 1. The van der Waals surface area contributed by atoms with Crippen molar-refractivity contribution in [1.82, 2.24) is 19.5 Å². The lowest BCUT2D eigenvalue weighted by Crippen LogP contribution is -2.30. The van der Waals surface area contributed by atoms with Gasteiger partial charge in [-0.05, 0) is 32.1 Å². The summed E-state index contributed by atoms with van der Waals surface area (Å²) in [5, 5.41) is 0. The lowest BCUT2D eigenvalue weighted by atomic mass is 10.1. The molecule has 1 saturated heterocycles. The number of nitrogen functional groups attached to an aromatic ring is 1. The van der Waals surface area contributed by atoms with Crippen LogP contribution in [0.25, 0.3) is 11.2 Å². The van der Waals surface area contributed by atoms with E-state index in [1.165, 1.54) is 6.42 Å². The van der Waals surface area contributed by atoms with Crippen LogP contribution in [0.2, 0.25) is 0 Å². The summed E-state index contributed by atoms with van der Waals surface area (Å²) in [6.45, 7) is 3.96. The molecule has 0 spiro atoms. The predicted octanol–water partition coefficient (Wildman–Crippen LogP) is 1.72. The molecule has 3 fully saturated rings. The first-order valence-electron chi connectivity index (χ1n) is 7.46. The molecule has 2 N–H and O–H groups in total. The second-order valence-corrected chi connectivity index (χ2v) is 7.79. The van der Waals surface area contributed by atoms with E-state index < -0.39 is 5.79 Å². The topological polar surface area (TPSA) is 88.1 Å². The van der Waals surface area contributed by atoms with E-state index in [9.17, 15) is 0 Å². The second kappa shape index (κ2) is 4.09. The Labute approximate surface area is 140 Å². The Hall–Kier alpha value is -1.000. The number of aromatic nitrogens is 4. The van der Waals surface area contributed by atoms with Gasteiger partial charge in [-0.2, -0.15) is 0 Å². The highest BCUT2D eigenvalue weighted by Crippen LogP contribution is 2.63. The van der Waals surface area contributed by atoms with Crippen molar-refractivity contribution >= 4 is 39.6 Å². The molecule has 3 aliphatic rings. The molecule has 1 aliphatic heterocycles. The molecule has 22 heavy (non-hydrogen) atoms. The summed E-state index contributed by atoms with van der Waals surface area (Å²) >= 11 is 2.08. The third kappa shape index (κ3) is 1.71. The van der Waals surface area contributed by atoms with Crippen molar-refractivity contribution in [3.8, 4) is 0 Å². The maximum absolute atomic E-state index is 6.17. The number of nitrogens with zero attached hydrogens (tertiary/aromatic N) is 4. The first kappa shape index (κ1) is 13.4. The summed E-state index contributed by atoms with van der Waals surface area (Å²) in [6, 6.07) is 0.215. The Morgan fingerprint density at radius 2 is 2.05 bits per heavy atom. The van der Waals surface area contributed by atoms with E-state index in [0.29, 0.717) is 27.0 Å². The Morgan fingerprint density at radius 3 is 2.86 bits per heavy atom. The number of fused-ring (bicyclic) bond motifs is 4. The zero-order valence-corrected chi connectivity index (χ0v) is 14.4. The Balaban J connectivity index is 1.63. The predicted molar refractivity (Wildman–Crippen MR) is 86.9 cm³/mol. The van der Waals surface area contributed by atoms with Crippen LogP contribution in [0.4, 0.5) is 5.82 Å². The van der Waals surface area contributed by atoms with Gasteiger partial charge in [0.1, 0.15) is 11.6 Å². The standard InChI is InChI=1S/C14H16IN5O2/c1-14(2)21-9-6-3-5(6)8(10(9)22-14)20-4-17-7-11(16)18-13(15)19-12(7)20/h4-6,8-10H,3H2,1-2H3,(H2,16,18,19). The average Bonchev–Trinajstić information content (AvgIpc) is 2.84. The lowest BCUT2D eigenvalue weighted by Gasteiger charge is -2.24. The van der Waals surface area contributed by atoms with Crippen LogP contribution in [0.15, 0.2) is 6.33 Å². The van der Waals surface area contributed by atoms with Crippen molar-refractivity contribution in [2.45, 2.75) is 44.3 Å². The first-order valence-corrected chi connectivity index (χ1v) is 8.54. The molecule has 2 aromatic rings. The number of anilines is 1. The fourth-order valence-electron chi connectivity index (χ4n) is 4.16. The molecule has 8 heteroatoms. The van der Waals surface area contributed by atoms with Crippen LogP contribution < -0.4 is 5.73 Å². The van der Waals surface area contributed by atoms with Gasteiger partial charge in [0.2, 0.25) is 0 Å². The molecule has 7 nitrogen and oxygen atoms in total. The molecule has 2 aromatic heterocycles. The molecular formula is C14H16IN5O2. The molecule has 3 heterocycles. The molecule has 2 saturated carbocycles. The van der Waals surface area contributed by atoms with Gasteiger partial charge in [-0.25, -0.2) is 15.0 Å². The molecule has 2 aliphatic carbocycles. The van der Waals surface area contributed by atoms with Crippen molar-refractivity contribution < 1.29 is 9.47 Å². The fourth-order valence-corrected chi connectivity index (χ4v) is 4.64. The highest BCUT2D eigenvalue weighted by Gasteiger charge is 2.66. The van der Waals surface area contributed by atoms with Gasteiger partial charge in [-0.15, -0.1) is 0 Å². The van der Waals surface area contributed by atoms with E-state index in [2.05, 4.69) is 42.1 Å². The molecule has 5 rings (SSSR count). The summed E-state index contributed by atoms with van der Waals surface area (Å²) in [4.78, 5) is 13.1. The molecule has 0 aromatic carbocycles. The molecule has 116 valence electrons. The minimum Gasteiger partial charge on any atom is -0.382 e. The number of ether oxygens (including phenoxy) is 2. The van der Waals surface area contributed by atoms with Crippen molar-refractivity contribution in [3.05, 3.63) is 10.2 Å². The van der Waals surface area contributed by atoms with Crippen molar-refractivity contribution in [3.63, 3.8) is 0 Å². The van der Waals surface area contributed by atoms with Gasteiger partial charge >= 0.3 is 0 Å². The maximum Gasteiger partial charge on any atom is 0.194 e. The smallest absolute Gasteiger partial charge is 0.194 e. The van der Waals surface area contributed by atoms with Gasteiger partial charge in [0.15, 0.2) is 21.1 Å². The van der Waals surface area contributed by atoms with Crippen LogP contribution in [0, 0.1) is 15.7 Å². The van der Waals surface area contributed by atoms with Gasteiger partial charge in [0, 0.05) is 22.6 Å². The number of nitrogens with two attached hydrogens (primary N) is 1. The first-order chi connectivity index (χ1) is 10.4. The summed E-state index contributed by atoms with van der Waals surface area (Å²) < 4.78 is 15.0. The van der Waals surface area contributed by atoms with E-state index in [4.69, 9.17) is 15.2 Å². The van der Waals surface area contributed by atoms with Crippen LogP contribution in [0.3, 0.4) is 0 Å². The van der Waals surface area contributed by atoms with Crippen molar-refractivity contribution in [2.75, 3.05) is 5.73 Å². The van der Waals surface area contributed by atoms with E-state index in [1.807, 2.05) is 20.2 Å². The molecular weight excluding hydrogens is 397 g/mol. The normalized spacial score (nSPS) is 38.2. The maximum atomic E-state index is 6.17. The summed E-state index contributed by atoms with van der Waals surface area (Å²) in [5.41, 5.74) is 7.44. The third-order valence-corrected chi connectivity index (χ3v) is 5.48. The van der Waals surface area contributed by atoms with Crippen molar-refractivity contribution in [1.29, 1.82) is 0 Å². The van der Waals surface area contributed by atoms with Gasteiger partial charge in [-0.1, -0.05) is 0 Å². The van der Waals surface area contributed by atoms with E-state index >= 15 is 0 Å². The summed E-state index contributed by atoms with van der Waals surface area (Å²) in [6.07, 6.45) is 3.25. The highest BCUT2D eigenvalue weighted by atomic mass is 127. The molecule has 0 radical (unpaired) electrons. The van der Waals surface area contributed by atoms with Gasteiger partial charge in [-0.3, -0.25) is 0 Å². The monoisotopic (exact) mass is 413 g/mol. The number of rotatable bonds is 1. The molecule has 0 bridgehead atoms. The van der Waals surface area contributed by atoms with Crippen LogP contribution in [-0.4, -0.2) is 37.5 Å². The molecule has 5 atom stereocenters. The van der Waals surface area contributed by atoms with Crippen LogP contribution in [0.1, 0.15) is 26.3 Å². The molecule has 5 unspecified atom stereocenters. The number of halogens is 1. The largest absolute Gasteiger partial charge is 0.382 e. The number of hydrogen-bond acceptors (Lipinski definition) is 6. The van der Waals surface area contributed by atoms with Crippen LogP contribution in [0.5, 0.6) is 0 Å². The Kier molecular flexibility index (Phi) is 2.50. The summed E-state index contributed by atoms with van der Waals surface area (Å²) in [5.74, 6) is 1.09.